The highest BCUT2D eigenvalue weighted by Gasteiger charge is 2.39. The predicted molar refractivity (Wildman–Crippen MR) is 164 cm³/mol. The van der Waals surface area contributed by atoms with Crippen molar-refractivity contribution in [2.75, 3.05) is 7.11 Å². The average Bonchev–Trinajstić information content (AvgIpc) is 3.45. The van der Waals surface area contributed by atoms with Crippen LogP contribution in [0.15, 0.2) is 79.0 Å². The highest BCUT2D eigenvalue weighted by atomic mass is 16.5. The maximum absolute atomic E-state index is 13.6. The molecule has 0 aliphatic rings. The van der Waals surface area contributed by atoms with E-state index in [1.807, 2.05) is 79.3 Å². The summed E-state index contributed by atoms with van der Waals surface area (Å²) in [6, 6.07) is 24.1. The maximum Gasteiger partial charge on any atom is 0.312 e. The van der Waals surface area contributed by atoms with Crippen LogP contribution < -0.4 is 4.74 Å². The molecule has 0 fully saturated rings. The molecule has 1 aromatic heterocycles. The number of carbonyl (C=O) groups is 1. The highest BCUT2D eigenvalue weighted by Crippen LogP contribution is 2.41. The van der Waals surface area contributed by atoms with Gasteiger partial charge in [0.1, 0.15) is 12.4 Å². The van der Waals surface area contributed by atoms with Crippen molar-refractivity contribution < 1.29 is 19.0 Å². The Morgan fingerprint density at radius 3 is 2.40 bits per heavy atom. The van der Waals surface area contributed by atoms with E-state index in [0.29, 0.717) is 19.6 Å². The monoisotopic (exact) mass is 569 g/mol. The Balaban J connectivity index is 1.52. The van der Waals surface area contributed by atoms with E-state index < -0.39 is 5.41 Å². The van der Waals surface area contributed by atoms with E-state index in [-0.39, 0.29) is 18.5 Å². The zero-order valence-electron chi connectivity index (χ0n) is 25.5. The largest absolute Gasteiger partial charge is 0.497 e. The van der Waals surface area contributed by atoms with E-state index in [1.54, 1.807) is 7.11 Å². The van der Waals surface area contributed by atoms with Crippen molar-refractivity contribution in [1.29, 1.82) is 0 Å². The van der Waals surface area contributed by atoms with Gasteiger partial charge < -0.3 is 14.2 Å². The van der Waals surface area contributed by atoms with Crippen LogP contribution >= 0.6 is 0 Å². The van der Waals surface area contributed by atoms with Crippen molar-refractivity contribution in [3.63, 3.8) is 0 Å². The molecule has 0 aliphatic heterocycles. The van der Waals surface area contributed by atoms with Gasteiger partial charge in [-0.15, -0.1) is 5.10 Å². The Hall–Kier alpha value is -3.97. The molecule has 1 heterocycles. The summed E-state index contributed by atoms with van der Waals surface area (Å²) in [5.41, 5.74) is 5.55. The van der Waals surface area contributed by atoms with E-state index >= 15 is 0 Å². The lowest BCUT2D eigenvalue weighted by Crippen LogP contribution is -2.34. The first kappa shape index (κ1) is 31.0. The molecule has 3 aromatic carbocycles. The molecule has 4 aromatic rings. The Bertz CT molecular complexity index is 1410. The predicted octanol–water partition coefficient (Wildman–Crippen LogP) is 7.21. The molecule has 1 atom stereocenters. The van der Waals surface area contributed by atoms with Crippen molar-refractivity contribution in [1.82, 2.24) is 15.0 Å². The number of methoxy groups -OCH3 is 1. The van der Waals surface area contributed by atoms with Crippen LogP contribution in [0.5, 0.6) is 5.75 Å². The van der Waals surface area contributed by atoms with E-state index in [2.05, 4.69) is 42.4 Å². The summed E-state index contributed by atoms with van der Waals surface area (Å²) >= 11 is 0. The number of hydrogen-bond acceptors (Lipinski definition) is 6. The van der Waals surface area contributed by atoms with Crippen LogP contribution in [0.3, 0.4) is 0 Å². The second kappa shape index (κ2) is 14.8. The normalized spacial score (nSPS) is 12.2. The van der Waals surface area contributed by atoms with Crippen molar-refractivity contribution in [2.45, 2.75) is 79.2 Å². The molecular weight excluding hydrogens is 526 g/mol. The van der Waals surface area contributed by atoms with Gasteiger partial charge in [0.05, 0.1) is 31.4 Å². The van der Waals surface area contributed by atoms with Crippen LogP contribution in [0.2, 0.25) is 0 Å². The molecule has 1 unspecified atom stereocenters. The summed E-state index contributed by atoms with van der Waals surface area (Å²) in [5.74, 6) is 0.507. The molecule has 0 saturated carbocycles. The number of hydrogen-bond donors (Lipinski definition) is 0. The molecule has 222 valence electrons. The Morgan fingerprint density at radius 1 is 0.952 bits per heavy atom. The molecule has 4 rings (SSSR count). The third-order valence-corrected chi connectivity index (χ3v) is 7.80. The van der Waals surface area contributed by atoms with E-state index in [4.69, 9.17) is 14.2 Å². The average molecular weight is 570 g/mol. The number of rotatable bonds is 15. The van der Waals surface area contributed by atoms with Gasteiger partial charge in [0.25, 0.3) is 0 Å². The quantitative estimate of drug-likeness (QED) is 0.141. The van der Waals surface area contributed by atoms with Gasteiger partial charge in [-0.1, -0.05) is 72.8 Å². The summed E-state index contributed by atoms with van der Waals surface area (Å²) in [4.78, 5) is 13.6. The first-order valence-corrected chi connectivity index (χ1v) is 14.7. The van der Waals surface area contributed by atoms with Gasteiger partial charge in [-0.25, -0.2) is 0 Å². The van der Waals surface area contributed by atoms with Gasteiger partial charge in [-0.3, -0.25) is 9.48 Å². The van der Waals surface area contributed by atoms with Gasteiger partial charge >= 0.3 is 5.97 Å². The lowest BCUT2D eigenvalue weighted by atomic mass is 9.72. The number of carbonyl (C=O) groups excluding carboxylic acids is 1. The molecule has 7 nitrogen and oxygen atoms in total. The van der Waals surface area contributed by atoms with E-state index in [0.717, 1.165) is 58.6 Å². The molecule has 0 aliphatic carbocycles. The lowest BCUT2D eigenvalue weighted by molar-refractivity contribution is -0.156. The first-order valence-electron chi connectivity index (χ1n) is 14.7. The molecule has 7 heteroatoms. The summed E-state index contributed by atoms with van der Waals surface area (Å²) in [6.07, 6.45) is 4.45. The fourth-order valence-corrected chi connectivity index (χ4v) is 5.14. The smallest absolute Gasteiger partial charge is 0.312 e. The standard InChI is InChI=1S/C35H43N3O4/c1-6-20-38-22-31(36-37-38)16-19-33(35(3,4)34(39)42-24-27-10-8-7-9-11-27)29-15-12-26(2)30(21-29)25-41-23-28-13-17-32(40-5)18-14-28/h7-15,17-18,21-22,33H,6,16,19-20,23-25H2,1-5H3. The van der Waals surface area contributed by atoms with Crippen LogP contribution in [-0.2, 0) is 47.1 Å². The van der Waals surface area contributed by atoms with Crippen LogP contribution in [-0.4, -0.2) is 28.1 Å². The number of esters is 1. The van der Waals surface area contributed by atoms with Gasteiger partial charge in [-0.2, -0.15) is 0 Å². The fourth-order valence-electron chi connectivity index (χ4n) is 5.14. The van der Waals surface area contributed by atoms with Crippen molar-refractivity contribution >= 4 is 5.97 Å². The SMILES string of the molecule is CCCn1cc(CCC(c2ccc(C)c(COCc3ccc(OC)cc3)c2)C(C)(C)C(=O)OCc2ccccc2)nn1. The number of aromatic nitrogens is 3. The zero-order valence-corrected chi connectivity index (χ0v) is 25.5. The molecule has 0 amide bonds. The second-order valence-electron chi connectivity index (χ2n) is 11.4. The topological polar surface area (TPSA) is 75.5 Å². The molecule has 0 N–H and O–H groups in total. The van der Waals surface area contributed by atoms with Gasteiger partial charge in [0, 0.05) is 12.7 Å². The lowest BCUT2D eigenvalue weighted by Gasteiger charge is -2.33. The summed E-state index contributed by atoms with van der Waals surface area (Å²) < 4.78 is 19.1. The number of benzene rings is 3. The van der Waals surface area contributed by atoms with E-state index in [1.165, 1.54) is 0 Å². The molecule has 0 radical (unpaired) electrons. The number of ether oxygens (including phenoxy) is 3. The minimum absolute atomic E-state index is 0.0990. The van der Waals surface area contributed by atoms with Crippen LogP contribution in [0.4, 0.5) is 0 Å². The maximum atomic E-state index is 13.6. The van der Waals surface area contributed by atoms with Gasteiger partial charge in [-0.05, 0) is 85.9 Å². The highest BCUT2D eigenvalue weighted by molar-refractivity contribution is 5.77. The van der Waals surface area contributed by atoms with Crippen LogP contribution in [0.1, 0.15) is 73.0 Å². The molecular formula is C35H43N3O4. The van der Waals surface area contributed by atoms with Crippen molar-refractivity contribution in [3.05, 3.63) is 113 Å². The summed E-state index contributed by atoms with van der Waals surface area (Å²) in [7, 11) is 1.66. The second-order valence-corrected chi connectivity index (χ2v) is 11.4. The summed E-state index contributed by atoms with van der Waals surface area (Å²) in [6.45, 7) is 10.2. The van der Waals surface area contributed by atoms with Gasteiger partial charge in [0.2, 0.25) is 0 Å². The Morgan fingerprint density at radius 2 is 1.69 bits per heavy atom. The number of aryl methyl sites for hydroxylation is 3. The third-order valence-electron chi connectivity index (χ3n) is 7.80. The van der Waals surface area contributed by atoms with Crippen LogP contribution in [0, 0.1) is 12.3 Å². The number of nitrogens with zero attached hydrogens (tertiary/aromatic N) is 3. The minimum atomic E-state index is -0.773. The fraction of sp³-hybridized carbons (Fsp3) is 0.400. The molecule has 42 heavy (non-hydrogen) atoms. The third kappa shape index (κ3) is 8.29. The Kier molecular flexibility index (Phi) is 10.9. The molecule has 0 spiro atoms. The molecule has 0 saturated heterocycles. The van der Waals surface area contributed by atoms with Crippen molar-refractivity contribution in [3.8, 4) is 5.75 Å². The molecule has 0 bridgehead atoms. The van der Waals surface area contributed by atoms with Crippen LogP contribution in [0.25, 0.3) is 0 Å². The van der Waals surface area contributed by atoms with Crippen molar-refractivity contribution in [2.24, 2.45) is 5.41 Å². The van der Waals surface area contributed by atoms with Gasteiger partial charge in [0.15, 0.2) is 0 Å². The Labute approximate surface area is 249 Å². The minimum Gasteiger partial charge on any atom is -0.497 e. The summed E-state index contributed by atoms with van der Waals surface area (Å²) in [5, 5.41) is 8.65. The first-order chi connectivity index (χ1) is 20.3. The zero-order chi connectivity index (χ0) is 30.0. The van der Waals surface area contributed by atoms with E-state index in [9.17, 15) is 4.79 Å².